The fourth-order valence-corrected chi connectivity index (χ4v) is 3.20. The maximum Gasteiger partial charge on any atom is 0.226 e. The predicted molar refractivity (Wildman–Crippen MR) is 91.3 cm³/mol. The van der Waals surface area contributed by atoms with Gasteiger partial charge in [0.15, 0.2) is 0 Å². The highest BCUT2D eigenvalue weighted by Gasteiger charge is 2.22. The van der Waals surface area contributed by atoms with Gasteiger partial charge in [-0.2, -0.15) is 0 Å². The molecule has 24 heavy (non-hydrogen) atoms. The quantitative estimate of drug-likeness (QED) is 0.917. The van der Waals surface area contributed by atoms with Gasteiger partial charge in [0.05, 0.1) is 5.69 Å². The summed E-state index contributed by atoms with van der Waals surface area (Å²) in [7, 11) is 0. The number of para-hydroxylation sites is 1. The molecule has 0 bridgehead atoms. The molecule has 0 fully saturated rings. The molecule has 0 radical (unpaired) electrons. The van der Waals surface area contributed by atoms with Crippen LogP contribution in [0.15, 0.2) is 36.4 Å². The van der Waals surface area contributed by atoms with E-state index in [2.05, 4.69) is 10.2 Å². The van der Waals surface area contributed by atoms with Crippen LogP contribution in [0.5, 0.6) is 0 Å². The minimum Gasteiger partial charge on any atom is -0.370 e. The molecule has 1 amide bonds. The van der Waals surface area contributed by atoms with Gasteiger partial charge in [0, 0.05) is 30.8 Å². The Bertz CT molecular complexity index is 761. The van der Waals surface area contributed by atoms with E-state index in [1.165, 1.54) is 18.2 Å². The monoisotopic (exact) mass is 330 g/mol. The molecular formula is C19H20F2N2O. The van der Waals surface area contributed by atoms with Crippen molar-refractivity contribution in [2.75, 3.05) is 23.3 Å². The highest BCUT2D eigenvalue weighted by atomic mass is 19.1. The molecule has 1 aliphatic rings. The summed E-state index contributed by atoms with van der Waals surface area (Å²) in [6, 6.07) is 9.36. The smallest absolute Gasteiger partial charge is 0.226 e. The van der Waals surface area contributed by atoms with Gasteiger partial charge in [0.2, 0.25) is 5.91 Å². The van der Waals surface area contributed by atoms with Crippen LogP contribution in [0.25, 0.3) is 0 Å². The number of benzene rings is 2. The van der Waals surface area contributed by atoms with Crippen LogP contribution in [0.4, 0.5) is 20.2 Å². The number of carbonyl (C=O) groups excluding carboxylic acids is 1. The zero-order chi connectivity index (χ0) is 17.1. The summed E-state index contributed by atoms with van der Waals surface area (Å²) in [5, 5.41) is 2.59. The molecule has 5 heteroatoms. The van der Waals surface area contributed by atoms with Crippen LogP contribution in [-0.2, 0) is 11.2 Å². The van der Waals surface area contributed by atoms with E-state index in [9.17, 15) is 13.6 Å². The van der Waals surface area contributed by atoms with E-state index in [0.29, 0.717) is 6.54 Å². The standard InChI is InChI=1S/C19H20F2N2O/c1-13-8-9-15(20)14-5-4-11-23(19(13)14)12-10-18(24)22-17-7-3-2-6-16(17)21/h2-3,6-9H,4-5,10-12H2,1H3,(H,22,24). The topological polar surface area (TPSA) is 32.3 Å². The van der Waals surface area contributed by atoms with E-state index < -0.39 is 5.82 Å². The number of aryl methyl sites for hydroxylation is 1. The lowest BCUT2D eigenvalue weighted by Crippen LogP contribution is -2.33. The van der Waals surface area contributed by atoms with Gasteiger partial charge in [-0.3, -0.25) is 4.79 Å². The Morgan fingerprint density at radius 3 is 2.75 bits per heavy atom. The van der Waals surface area contributed by atoms with E-state index in [-0.39, 0.29) is 23.8 Å². The fourth-order valence-electron chi connectivity index (χ4n) is 3.20. The van der Waals surface area contributed by atoms with Gasteiger partial charge in [-0.05, 0) is 43.5 Å². The third kappa shape index (κ3) is 3.40. The molecule has 1 N–H and O–H groups in total. The largest absolute Gasteiger partial charge is 0.370 e. The van der Waals surface area contributed by atoms with Gasteiger partial charge < -0.3 is 10.2 Å². The normalized spacial score (nSPS) is 13.5. The summed E-state index contributed by atoms with van der Waals surface area (Å²) in [5.41, 5.74) is 2.83. The molecule has 2 aromatic rings. The van der Waals surface area contributed by atoms with Crippen LogP contribution in [-0.4, -0.2) is 19.0 Å². The molecule has 0 aliphatic carbocycles. The molecule has 0 aromatic heterocycles. The summed E-state index contributed by atoms with van der Waals surface area (Å²) in [6.07, 6.45) is 1.81. The Kier molecular flexibility index (Phi) is 4.79. The van der Waals surface area contributed by atoms with Crippen LogP contribution in [0.2, 0.25) is 0 Å². The van der Waals surface area contributed by atoms with Crippen molar-refractivity contribution < 1.29 is 13.6 Å². The third-order valence-electron chi connectivity index (χ3n) is 4.36. The second-order valence-electron chi connectivity index (χ2n) is 6.06. The SMILES string of the molecule is Cc1ccc(F)c2c1N(CCC(=O)Nc1ccccc1F)CCC2. The summed E-state index contributed by atoms with van der Waals surface area (Å²) in [5.74, 6) is -0.885. The highest BCUT2D eigenvalue weighted by Crippen LogP contribution is 2.32. The molecular weight excluding hydrogens is 310 g/mol. The molecule has 3 rings (SSSR count). The second kappa shape index (κ2) is 6.99. The predicted octanol–water partition coefficient (Wildman–Crippen LogP) is 4.05. The van der Waals surface area contributed by atoms with E-state index >= 15 is 0 Å². The van der Waals surface area contributed by atoms with Crippen LogP contribution in [0.3, 0.4) is 0 Å². The first-order chi connectivity index (χ1) is 11.6. The van der Waals surface area contributed by atoms with Crippen LogP contribution in [0.1, 0.15) is 24.0 Å². The number of nitrogens with one attached hydrogen (secondary N) is 1. The first kappa shape index (κ1) is 16.4. The van der Waals surface area contributed by atoms with E-state index in [1.807, 2.05) is 6.92 Å². The highest BCUT2D eigenvalue weighted by molar-refractivity contribution is 5.91. The van der Waals surface area contributed by atoms with Crippen molar-refractivity contribution in [3.63, 3.8) is 0 Å². The second-order valence-corrected chi connectivity index (χ2v) is 6.06. The molecule has 0 unspecified atom stereocenters. The van der Waals surface area contributed by atoms with Crippen LogP contribution in [0, 0.1) is 18.6 Å². The lowest BCUT2D eigenvalue weighted by atomic mass is 9.97. The van der Waals surface area contributed by atoms with Gasteiger partial charge in [-0.25, -0.2) is 8.78 Å². The molecule has 0 saturated carbocycles. The molecule has 126 valence electrons. The lowest BCUT2D eigenvalue weighted by molar-refractivity contribution is -0.116. The molecule has 1 heterocycles. The summed E-state index contributed by atoms with van der Waals surface area (Å²) in [4.78, 5) is 14.1. The van der Waals surface area contributed by atoms with E-state index in [4.69, 9.17) is 0 Å². The van der Waals surface area contributed by atoms with Gasteiger partial charge in [-0.15, -0.1) is 0 Å². The minimum atomic E-state index is -0.452. The maximum atomic E-state index is 14.0. The fraction of sp³-hybridized carbons (Fsp3) is 0.316. The number of amides is 1. The van der Waals surface area contributed by atoms with Crippen molar-refractivity contribution >= 4 is 17.3 Å². The summed E-state index contributed by atoms with van der Waals surface area (Å²) >= 11 is 0. The third-order valence-corrected chi connectivity index (χ3v) is 4.36. The first-order valence-corrected chi connectivity index (χ1v) is 8.13. The molecule has 0 spiro atoms. The van der Waals surface area contributed by atoms with Gasteiger partial charge in [0.25, 0.3) is 0 Å². The van der Waals surface area contributed by atoms with E-state index in [0.717, 1.165) is 36.2 Å². The minimum absolute atomic E-state index is 0.184. The molecule has 1 aliphatic heterocycles. The zero-order valence-electron chi connectivity index (χ0n) is 13.6. The van der Waals surface area contributed by atoms with Crippen molar-refractivity contribution in [3.8, 4) is 0 Å². The Morgan fingerprint density at radius 2 is 1.96 bits per heavy atom. The average molecular weight is 330 g/mol. The van der Waals surface area contributed by atoms with Gasteiger partial charge >= 0.3 is 0 Å². The number of hydrogen-bond donors (Lipinski definition) is 1. The van der Waals surface area contributed by atoms with Crippen molar-refractivity contribution in [3.05, 3.63) is 59.2 Å². The molecule has 0 atom stereocenters. The Morgan fingerprint density at radius 1 is 1.17 bits per heavy atom. The summed E-state index contributed by atoms with van der Waals surface area (Å²) in [6.45, 7) is 3.23. The number of rotatable bonds is 4. The molecule has 0 saturated heterocycles. The maximum absolute atomic E-state index is 14.0. The first-order valence-electron chi connectivity index (χ1n) is 8.13. The van der Waals surface area contributed by atoms with Crippen molar-refractivity contribution in [1.82, 2.24) is 0 Å². The van der Waals surface area contributed by atoms with Crippen LogP contribution >= 0.6 is 0 Å². The number of hydrogen-bond acceptors (Lipinski definition) is 2. The van der Waals surface area contributed by atoms with Crippen molar-refractivity contribution in [2.24, 2.45) is 0 Å². The number of halogens is 2. The molecule has 2 aromatic carbocycles. The average Bonchev–Trinajstić information content (AvgIpc) is 2.58. The number of fused-ring (bicyclic) bond motifs is 1. The Balaban J connectivity index is 1.67. The van der Waals surface area contributed by atoms with Gasteiger partial charge in [0.1, 0.15) is 11.6 Å². The van der Waals surface area contributed by atoms with E-state index in [1.54, 1.807) is 18.2 Å². The Labute approximate surface area is 140 Å². The van der Waals surface area contributed by atoms with Gasteiger partial charge in [-0.1, -0.05) is 18.2 Å². The number of carbonyl (C=O) groups is 1. The zero-order valence-corrected chi connectivity index (χ0v) is 13.6. The van der Waals surface area contributed by atoms with Crippen molar-refractivity contribution in [2.45, 2.75) is 26.2 Å². The van der Waals surface area contributed by atoms with Crippen molar-refractivity contribution in [1.29, 1.82) is 0 Å². The summed E-state index contributed by atoms with van der Waals surface area (Å²) < 4.78 is 27.6. The number of anilines is 2. The lowest BCUT2D eigenvalue weighted by Gasteiger charge is -2.33. The number of nitrogens with zero attached hydrogens (tertiary/aromatic N) is 1. The Hall–Kier alpha value is -2.43. The van der Waals surface area contributed by atoms with Crippen LogP contribution < -0.4 is 10.2 Å². The molecule has 3 nitrogen and oxygen atoms in total.